The van der Waals surface area contributed by atoms with Crippen LogP contribution in [0.5, 0.6) is 5.75 Å². The van der Waals surface area contributed by atoms with Crippen molar-refractivity contribution in [2.75, 3.05) is 24.0 Å². The monoisotopic (exact) mass is 348 g/mol. The molecular formula is C20H16N2O4. The van der Waals surface area contributed by atoms with Crippen LogP contribution in [0.25, 0.3) is 5.57 Å². The molecule has 1 saturated heterocycles. The van der Waals surface area contributed by atoms with Crippen LogP contribution >= 0.6 is 0 Å². The summed E-state index contributed by atoms with van der Waals surface area (Å²) in [5.74, 6) is -0.699. The summed E-state index contributed by atoms with van der Waals surface area (Å²) in [6, 6.07) is 14.1. The maximum Gasteiger partial charge on any atom is 0.262 e. The summed E-state index contributed by atoms with van der Waals surface area (Å²) in [4.78, 5) is 41.0. The number of carbonyl (C=O) groups is 3. The standard InChI is InChI=1S/C20H16N2O4/c1-21-14-8-4-3-7-12(14)18(20(21)25)13-11-17(23)22(19(13)24)15-9-5-6-10-16(15)26-2/h3-10H,11H2,1-2H3. The highest BCUT2D eigenvalue weighted by Gasteiger charge is 2.42. The maximum atomic E-state index is 13.1. The van der Waals surface area contributed by atoms with Crippen molar-refractivity contribution in [2.45, 2.75) is 6.42 Å². The van der Waals surface area contributed by atoms with Crippen LogP contribution in [0.2, 0.25) is 0 Å². The third-order valence-electron chi connectivity index (χ3n) is 4.72. The Bertz CT molecular complexity index is 993. The number of hydrogen-bond donors (Lipinski definition) is 0. The van der Waals surface area contributed by atoms with Crippen LogP contribution in [0.15, 0.2) is 54.1 Å². The molecule has 0 aliphatic carbocycles. The third-order valence-corrected chi connectivity index (χ3v) is 4.72. The lowest BCUT2D eigenvalue weighted by Gasteiger charge is -2.16. The zero-order chi connectivity index (χ0) is 18.4. The Kier molecular flexibility index (Phi) is 3.61. The highest BCUT2D eigenvalue weighted by atomic mass is 16.5. The van der Waals surface area contributed by atoms with Gasteiger partial charge in [-0.25, -0.2) is 4.90 Å². The third kappa shape index (κ3) is 2.15. The summed E-state index contributed by atoms with van der Waals surface area (Å²) in [6.45, 7) is 0. The smallest absolute Gasteiger partial charge is 0.262 e. The van der Waals surface area contributed by atoms with Gasteiger partial charge in [-0.05, 0) is 18.2 Å². The van der Waals surface area contributed by atoms with Crippen LogP contribution in [0.3, 0.4) is 0 Å². The molecule has 2 aromatic rings. The van der Waals surface area contributed by atoms with Crippen LogP contribution in [0, 0.1) is 0 Å². The maximum absolute atomic E-state index is 13.1. The Labute approximate surface area is 150 Å². The molecule has 26 heavy (non-hydrogen) atoms. The molecule has 130 valence electrons. The molecule has 0 atom stereocenters. The van der Waals surface area contributed by atoms with E-state index < -0.39 is 5.91 Å². The number of hydrogen-bond acceptors (Lipinski definition) is 4. The number of ether oxygens (including phenoxy) is 1. The predicted octanol–water partition coefficient (Wildman–Crippen LogP) is 2.39. The van der Waals surface area contributed by atoms with Crippen molar-refractivity contribution in [1.29, 1.82) is 0 Å². The minimum absolute atomic E-state index is 0.111. The van der Waals surface area contributed by atoms with Crippen LogP contribution in [-0.4, -0.2) is 31.9 Å². The van der Waals surface area contributed by atoms with E-state index in [0.717, 1.165) is 10.6 Å². The number of nitrogens with zero attached hydrogens (tertiary/aromatic N) is 2. The Morgan fingerprint density at radius 1 is 0.885 bits per heavy atom. The minimum atomic E-state index is -0.479. The van der Waals surface area contributed by atoms with Gasteiger partial charge in [0, 0.05) is 18.2 Å². The van der Waals surface area contributed by atoms with E-state index in [2.05, 4.69) is 0 Å². The first-order valence-corrected chi connectivity index (χ1v) is 8.15. The van der Waals surface area contributed by atoms with E-state index in [-0.39, 0.29) is 23.8 Å². The molecule has 0 saturated carbocycles. The highest BCUT2D eigenvalue weighted by Crippen LogP contribution is 2.41. The molecule has 2 aliphatic rings. The molecule has 0 bridgehead atoms. The van der Waals surface area contributed by atoms with Gasteiger partial charge in [-0.2, -0.15) is 0 Å². The molecule has 0 aromatic heterocycles. The van der Waals surface area contributed by atoms with E-state index >= 15 is 0 Å². The summed E-state index contributed by atoms with van der Waals surface area (Å²) in [5.41, 5.74) is 2.32. The van der Waals surface area contributed by atoms with Crippen molar-refractivity contribution < 1.29 is 19.1 Å². The Morgan fingerprint density at radius 2 is 1.54 bits per heavy atom. The van der Waals surface area contributed by atoms with E-state index in [1.807, 2.05) is 18.2 Å². The highest BCUT2D eigenvalue weighted by molar-refractivity contribution is 6.41. The summed E-state index contributed by atoms with van der Waals surface area (Å²) < 4.78 is 5.27. The van der Waals surface area contributed by atoms with Gasteiger partial charge in [0.05, 0.1) is 30.5 Å². The van der Waals surface area contributed by atoms with Crippen molar-refractivity contribution in [3.8, 4) is 5.75 Å². The van der Waals surface area contributed by atoms with E-state index in [0.29, 0.717) is 22.6 Å². The van der Waals surface area contributed by atoms with Crippen molar-refractivity contribution in [3.05, 3.63) is 59.7 Å². The lowest BCUT2D eigenvalue weighted by atomic mass is 10.00. The second-order valence-corrected chi connectivity index (χ2v) is 6.12. The van der Waals surface area contributed by atoms with E-state index in [1.165, 1.54) is 12.0 Å². The fraction of sp³-hybridized carbons (Fsp3) is 0.150. The van der Waals surface area contributed by atoms with Crippen LogP contribution in [0.4, 0.5) is 11.4 Å². The predicted molar refractivity (Wildman–Crippen MR) is 96.9 cm³/mol. The van der Waals surface area contributed by atoms with Gasteiger partial charge in [-0.15, -0.1) is 0 Å². The quantitative estimate of drug-likeness (QED) is 0.617. The fourth-order valence-corrected chi connectivity index (χ4v) is 3.47. The van der Waals surface area contributed by atoms with Gasteiger partial charge in [0.2, 0.25) is 5.91 Å². The van der Waals surface area contributed by atoms with Crippen molar-refractivity contribution in [3.63, 3.8) is 0 Å². The largest absolute Gasteiger partial charge is 0.495 e. The first kappa shape index (κ1) is 16.1. The van der Waals surface area contributed by atoms with Gasteiger partial charge < -0.3 is 9.64 Å². The van der Waals surface area contributed by atoms with Gasteiger partial charge >= 0.3 is 0 Å². The lowest BCUT2D eigenvalue weighted by molar-refractivity contribution is -0.121. The average molecular weight is 348 g/mol. The van der Waals surface area contributed by atoms with Gasteiger partial charge in [0.15, 0.2) is 0 Å². The van der Waals surface area contributed by atoms with Gasteiger partial charge in [0.25, 0.3) is 11.8 Å². The molecule has 0 spiro atoms. The van der Waals surface area contributed by atoms with Crippen molar-refractivity contribution >= 4 is 34.7 Å². The molecule has 4 rings (SSSR count). The zero-order valence-electron chi connectivity index (χ0n) is 14.4. The number of carbonyl (C=O) groups excluding carboxylic acids is 3. The summed E-state index contributed by atoms with van der Waals surface area (Å²) in [6.07, 6.45) is -0.111. The molecule has 6 heteroatoms. The normalized spacial score (nSPS) is 19.4. The molecule has 1 fully saturated rings. The number of rotatable bonds is 2. The first-order valence-electron chi connectivity index (χ1n) is 8.15. The Balaban J connectivity index is 1.86. The van der Waals surface area contributed by atoms with Crippen LogP contribution in [0.1, 0.15) is 12.0 Å². The fourth-order valence-electron chi connectivity index (χ4n) is 3.47. The molecule has 0 N–H and O–H groups in total. The topological polar surface area (TPSA) is 66.9 Å². The average Bonchev–Trinajstić information content (AvgIpc) is 3.08. The van der Waals surface area contributed by atoms with E-state index in [9.17, 15) is 14.4 Å². The van der Waals surface area contributed by atoms with E-state index in [1.54, 1.807) is 37.4 Å². The Hall–Kier alpha value is -3.41. The summed E-state index contributed by atoms with van der Waals surface area (Å²) in [7, 11) is 3.14. The number of benzene rings is 2. The second kappa shape index (κ2) is 5.84. The van der Waals surface area contributed by atoms with Crippen molar-refractivity contribution in [2.24, 2.45) is 0 Å². The van der Waals surface area contributed by atoms with Gasteiger partial charge in [0.1, 0.15) is 5.75 Å². The molecule has 6 nitrogen and oxygen atoms in total. The molecule has 0 radical (unpaired) electrons. The number of fused-ring (bicyclic) bond motifs is 1. The Morgan fingerprint density at radius 3 is 2.27 bits per heavy atom. The van der Waals surface area contributed by atoms with Gasteiger partial charge in [-0.3, -0.25) is 14.4 Å². The number of likely N-dealkylation sites (N-methyl/N-ethyl adjacent to an activating group) is 1. The number of imide groups is 1. The summed E-state index contributed by atoms with van der Waals surface area (Å²) >= 11 is 0. The SMILES string of the molecule is COc1ccccc1N1C(=O)CC(=C2C(=O)N(C)c3ccccc32)C1=O. The molecule has 3 amide bonds. The number of anilines is 2. The van der Waals surface area contributed by atoms with Crippen LogP contribution in [-0.2, 0) is 14.4 Å². The van der Waals surface area contributed by atoms with Gasteiger partial charge in [-0.1, -0.05) is 30.3 Å². The van der Waals surface area contributed by atoms with Crippen molar-refractivity contribution in [1.82, 2.24) is 0 Å². The number of methoxy groups -OCH3 is 1. The molecular weight excluding hydrogens is 332 g/mol. The van der Waals surface area contributed by atoms with Crippen LogP contribution < -0.4 is 14.5 Å². The number of para-hydroxylation sites is 3. The summed E-state index contributed by atoms with van der Waals surface area (Å²) in [5, 5.41) is 0. The number of amides is 3. The molecule has 2 aliphatic heterocycles. The molecule has 0 unspecified atom stereocenters. The molecule has 2 heterocycles. The second-order valence-electron chi connectivity index (χ2n) is 6.12. The lowest BCUT2D eigenvalue weighted by Crippen LogP contribution is -2.29. The minimum Gasteiger partial charge on any atom is -0.495 e. The molecule has 2 aromatic carbocycles. The zero-order valence-corrected chi connectivity index (χ0v) is 14.4. The first-order chi connectivity index (χ1) is 12.5. The van der Waals surface area contributed by atoms with E-state index in [4.69, 9.17) is 4.74 Å².